The summed E-state index contributed by atoms with van der Waals surface area (Å²) in [5.74, 6) is 1.20. The number of nitrogen functional groups attached to an aromatic ring is 1. The lowest BCUT2D eigenvalue weighted by Gasteiger charge is -2.15. The summed E-state index contributed by atoms with van der Waals surface area (Å²) in [4.78, 5) is 8.16. The first kappa shape index (κ1) is 24.8. The molecule has 1 aromatic heterocycles. The number of aromatic hydroxyl groups is 1. The second-order valence-electron chi connectivity index (χ2n) is 8.59. The van der Waals surface area contributed by atoms with Crippen LogP contribution in [-0.2, 0) is 6.54 Å². The van der Waals surface area contributed by atoms with E-state index in [-0.39, 0.29) is 5.75 Å². The average molecular weight is 520 g/mol. The van der Waals surface area contributed by atoms with Gasteiger partial charge in [-0.2, -0.15) is 5.26 Å². The Morgan fingerprint density at radius 3 is 2.34 bits per heavy atom. The lowest BCUT2D eigenvalue weighted by molar-refractivity contribution is 0.473. The lowest BCUT2D eigenvalue weighted by Crippen LogP contribution is -2.18. The number of benzene rings is 4. The SMILES string of the molecule is N#CC1=C(N)N(c2ncccn2)PC1.Nc1cc2ccccc2c(CNc2cccc3ccccc23)c1O. The van der Waals surface area contributed by atoms with Crippen molar-refractivity contribution in [2.24, 2.45) is 5.73 Å². The molecule has 0 radical (unpaired) electrons. The largest absolute Gasteiger partial charge is 0.505 e. The molecule has 6 rings (SSSR count). The molecular formula is C29H26N7OP. The zero-order chi connectivity index (χ0) is 26.5. The maximum absolute atomic E-state index is 10.4. The molecule has 0 fully saturated rings. The first-order valence-corrected chi connectivity index (χ1v) is 13.1. The quantitative estimate of drug-likeness (QED) is 0.139. The number of aromatic nitrogens is 2. The molecule has 8 nitrogen and oxygen atoms in total. The molecule has 38 heavy (non-hydrogen) atoms. The molecule has 1 atom stereocenters. The van der Waals surface area contributed by atoms with Gasteiger partial charge in [-0.3, -0.25) is 4.67 Å². The second-order valence-corrected chi connectivity index (χ2v) is 9.71. The number of phenolic OH excluding ortho intramolecular Hbond substituents is 1. The minimum absolute atomic E-state index is 0.154. The number of hydrogen-bond acceptors (Lipinski definition) is 8. The van der Waals surface area contributed by atoms with Crippen LogP contribution in [0.2, 0.25) is 0 Å². The smallest absolute Gasteiger partial charge is 0.234 e. The average Bonchev–Trinajstić information content (AvgIpc) is 3.34. The van der Waals surface area contributed by atoms with Crippen LogP contribution in [0.3, 0.4) is 0 Å². The minimum Gasteiger partial charge on any atom is -0.505 e. The van der Waals surface area contributed by atoms with Gasteiger partial charge in [-0.05, 0) is 43.1 Å². The van der Waals surface area contributed by atoms with Crippen LogP contribution in [0.25, 0.3) is 21.5 Å². The molecule has 0 saturated carbocycles. The minimum atomic E-state index is 0.154. The number of rotatable bonds is 4. The van der Waals surface area contributed by atoms with Gasteiger partial charge in [0.05, 0.1) is 17.3 Å². The van der Waals surface area contributed by atoms with E-state index >= 15 is 0 Å². The summed E-state index contributed by atoms with van der Waals surface area (Å²) in [6.07, 6.45) is 4.01. The van der Waals surface area contributed by atoms with Crippen molar-refractivity contribution in [1.82, 2.24) is 9.97 Å². The lowest BCUT2D eigenvalue weighted by atomic mass is 10.0. The van der Waals surface area contributed by atoms with Crippen LogP contribution < -0.4 is 21.5 Å². The highest BCUT2D eigenvalue weighted by Crippen LogP contribution is 2.36. The molecule has 188 valence electrons. The van der Waals surface area contributed by atoms with Gasteiger partial charge in [0.2, 0.25) is 5.95 Å². The van der Waals surface area contributed by atoms with Crippen LogP contribution >= 0.6 is 8.73 Å². The predicted molar refractivity (Wildman–Crippen MR) is 156 cm³/mol. The molecule has 2 heterocycles. The summed E-state index contributed by atoms with van der Waals surface area (Å²) in [6.45, 7) is 0.505. The third kappa shape index (κ3) is 5.01. The molecule has 5 aromatic rings. The van der Waals surface area contributed by atoms with Crippen molar-refractivity contribution < 1.29 is 5.11 Å². The molecule has 1 aliphatic heterocycles. The highest BCUT2D eigenvalue weighted by molar-refractivity contribution is 7.41. The predicted octanol–water partition coefficient (Wildman–Crippen LogP) is 5.48. The summed E-state index contributed by atoms with van der Waals surface area (Å²) >= 11 is 0. The number of anilines is 3. The van der Waals surface area contributed by atoms with E-state index in [2.05, 4.69) is 39.6 Å². The van der Waals surface area contributed by atoms with Gasteiger partial charge in [0, 0.05) is 41.7 Å². The molecule has 0 saturated heterocycles. The summed E-state index contributed by atoms with van der Waals surface area (Å²) in [6, 6.07) is 28.0. The third-order valence-corrected chi connectivity index (χ3v) is 7.52. The Balaban J connectivity index is 0.000000179. The van der Waals surface area contributed by atoms with Crippen LogP contribution in [0.15, 0.2) is 103 Å². The van der Waals surface area contributed by atoms with Crippen molar-refractivity contribution in [2.45, 2.75) is 6.54 Å². The number of nitriles is 1. The molecule has 0 amide bonds. The van der Waals surface area contributed by atoms with Gasteiger partial charge in [-0.15, -0.1) is 0 Å². The summed E-state index contributed by atoms with van der Waals surface area (Å²) in [5, 5.41) is 27.0. The van der Waals surface area contributed by atoms with Gasteiger partial charge in [0.15, 0.2) is 0 Å². The Hall–Kier alpha value is -4.86. The first-order chi connectivity index (χ1) is 18.6. The topological polar surface area (TPSA) is 137 Å². The molecule has 6 N–H and O–H groups in total. The number of hydrogen-bond donors (Lipinski definition) is 4. The fourth-order valence-electron chi connectivity index (χ4n) is 4.33. The van der Waals surface area contributed by atoms with Crippen LogP contribution in [0.5, 0.6) is 5.75 Å². The zero-order valence-corrected chi connectivity index (χ0v) is 21.5. The van der Waals surface area contributed by atoms with Crippen LogP contribution in [0, 0.1) is 11.3 Å². The number of phenols is 1. The molecule has 0 spiro atoms. The van der Waals surface area contributed by atoms with Gasteiger partial charge >= 0.3 is 0 Å². The monoisotopic (exact) mass is 519 g/mol. The number of nitrogens with one attached hydrogen (secondary N) is 1. The third-order valence-electron chi connectivity index (χ3n) is 6.25. The summed E-state index contributed by atoms with van der Waals surface area (Å²) in [5.41, 5.74) is 14.6. The Morgan fingerprint density at radius 1 is 0.921 bits per heavy atom. The molecule has 0 aliphatic carbocycles. The Morgan fingerprint density at radius 2 is 1.61 bits per heavy atom. The Labute approximate surface area is 222 Å². The highest BCUT2D eigenvalue weighted by Gasteiger charge is 2.22. The number of nitrogens with zero attached hydrogens (tertiary/aromatic N) is 4. The molecule has 9 heteroatoms. The van der Waals surface area contributed by atoms with E-state index in [1.54, 1.807) is 23.1 Å². The van der Waals surface area contributed by atoms with Gasteiger partial charge in [0.25, 0.3) is 0 Å². The zero-order valence-electron chi connectivity index (χ0n) is 20.5. The number of fused-ring (bicyclic) bond motifs is 2. The number of nitrogens with two attached hydrogens (primary N) is 2. The standard InChI is InChI=1S/C21H18N2O.C8H8N5P/c22-19-12-15-7-2-3-9-16(15)18(21(19)24)13-23-20-11-5-8-14-6-1-4-10-17(14)20;9-4-6-5-14-13(7(6)10)8-11-2-1-3-12-8/h1-12,23-24H,13,22H2;1-3,14H,5,10H2. The van der Waals surface area contributed by atoms with Gasteiger partial charge in [0.1, 0.15) is 11.6 Å². The van der Waals surface area contributed by atoms with E-state index in [1.165, 1.54) is 5.39 Å². The molecule has 1 unspecified atom stereocenters. The van der Waals surface area contributed by atoms with E-state index < -0.39 is 0 Å². The highest BCUT2D eigenvalue weighted by atomic mass is 31.1. The fourth-order valence-corrected chi connectivity index (χ4v) is 5.47. The first-order valence-electron chi connectivity index (χ1n) is 12.0. The van der Waals surface area contributed by atoms with Gasteiger partial charge in [-0.25, -0.2) is 9.97 Å². The van der Waals surface area contributed by atoms with E-state index in [0.717, 1.165) is 27.4 Å². The molecule has 1 aliphatic rings. The van der Waals surface area contributed by atoms with Gasteiger partial charge < -0.3 is 21.9 Å². The maximum atomic E-state index is 10.4. The Bertz CT molecular complexity index is 1680. The molecular weight excluding hydrogens is 493 g/mol. The van der Waals surface area contributed by atoms with E-state index in [9.17, 15) is 5.11 Å². The van der Waals surface area contributed by atoms with Crippen molar-refractivity contribution in [3.63, 3.8) is 0 Å². The van der Waals surface area contributed by atoms with Crippen molar-refractivity contribution in [2.75, 3.05) is 21.9 Å². The van der Waals surface area contributed by atoms with Crippen LogP contribution in [0.1, 0.15) is 5.56 Å². The summed E-state index contributed by atoms with van der Waals surface area (Å²) in [7, 11) is 0.431. The molecule has 4 aromatic carbocycles. The number of allylic oxidation sites excluding steroid dienone is 1. The second kappa shape index (κ2) is 11.0. The van der Waals surface area contributed by atoms with E-state index in [4.69, 9.17) is 16.7 Å². The van der Waals surface area contributed by atoms with Crippen LogP contribution in [0.4, 0.5) is 17.3 Å². The molecule has 0 bridgehead atoms. The maximum Gasteiger partial charge on any atom is 0.234 e. The van der Waals surface area contributed by atoms with Crippen molar-refractivity contribution in [1.29, 1.82) is 5.26 Å². The normalized spacial score (nSPS) is 13.4. The van der Waals surface area contributed by atoms with Crippen molar-refractivity contribution >= 4 is 47.6 Å². The van der Waals surface area contributed by atoms with Crippen LogP contribution in [-0.4, -0.2) is 21.2 Å². The van der Waals surface area contributed by atoms with Crippen molar-refractivity contribution in [3.8, 4) is 11.8 Å². The summed E-state index contributed by atoms with van der Waals surface area (Å²) < 4.78 is 1.78. The van der Waals surface area contributed by atoms with E-state index in [1.807, 2.05) is 54.6 Å². The van der Waals surface area contributed by atoms with E-state index in [0.29, 0.717) is 44.5 Å². The van der Waals surface area contributed by atoms with Crippen molar-refractivity contribution in [3.05, 3.63) is 108 Å². The Kier molecular flexibility index (Phi) is 7.21. The van der Waals surface area contributed by atoms with Gasteiger partial charge in [-0.1, -0.05) is 60.7 Å². The fraction of sp³-hybridized carbons (Fsp3) is 0.0690.